The van der Waals surface area contributed by atoms with Gasteiger partial charge in [0.25, 0.3) is 0 Å². The van der Waals surface area contributed by atoms with Crippen molar-refractivity contribution >= 4 is 11.8 Å². The number of thioether (sulfide) groups is 1. The molecular weight excluding hydrogens is 216 g/mol. The average Bonchev–Trinajstić information content (AvgIpc) is 2.27. The Morgan fingerprint density at radius 1 is 1.19 bits per heavy atom. The average molecular weight is 242 g/mol. The molecule has 3 heteroatoms. The number of rotatable bonds is 2. The second-order valence-corrected chi connectivity index (χ2v) is 6.89. The summed E-state index contributed by atoms with van der Waals surface area (Å²) in [7, 11) is 2.26. The first kappa shape index (κ1) is 12.7. The van der Waals surface area contributed by atoms with E-state index in [0.717, 1.165) is 24.0 Å². The molecule has 0 aliphatic carbocycles. The number of likely N-dealkylation sites (tertiary alicyclic amines) is 1. The van der Waals surface area contributed by atoms with E-state index < -0.39 is 0 Å². The lowest BCUT2D eigenvalue weighted by Gasteiger charge is -2.42. The first-order valence-corrected chi connectivity index (χ1v) is 7.86. The highest BCUT2D eigenvalue weighted by Crippen LogP contribution is 2.24. The maximum Gasteiger partial charge on any atom is 0.0122 e. The first-order valence-electron chi connectivity index (χ1n) is 6.71. The van der Waals surface area contributed by atoms with Crippen LogP contribution in [-0.4, -0.2) is 48.1 Å². The van der Waals surface area contributed by atoms with Gasteiger partial charge in [0, 0.05) is 24.7 Å². The molecule has 2 saturated heterocycles. The minimum Gasteiger partial charge on any atom is -0.311 e. The molecule has 2 fully saturated rings. The van der Waals surface area contributed by atoms with Crippen molar-refractivity contribution in [2.45, 2.75) is 51.2 Å². The summed E-state index contributed by atoms with van der Waals surface area (Å²) in [6.45, 7) is 6.01. The predicted octanol–water partition coefficient (Wildman–Crippen LogP) is 2.20. The highest BCUT2D eigenvalue weighted by molar-refractivity contribution is 7.99. The summed E-state index contributed by atoms with van der Waals surface area (Å²) in [5, 5.41) is 3.92. The minimum atomic E-state index is 0.742. The van der Waals surface area contributed by atoms with Crippen molar-refractivity contribution in [1.82, 2.24) is 10.2 Å². The van der Waals surface area contributed by atoms with Crippen LogP contribution >= 0.6 is 11.8 Å². The maximum absolute atomic E-state index is 3.92. The Hall–Kier alpha value is 0.270. The molecule has 3 unspecified atom stereocenters. The van der Waals surface area contributed by atoms with E-state index >= 15 is 0 Å². The molecule has 16 heavy (non-hydrogen) atoms. The Balaban J connectivity index is 1.83. The summed E-state index contributed by atoms with van der Waals surface area (Å²) < 4.78 is 0. The van der Waals surface area contributed by atoms with Crippen molar-refractivity contribution in [1.29, 1.82) is 0 Å². The molecule has 3 atom stereocenters. The lowest BCUT2D eigenvalue weighted by atomic mass is 9.89. The molecule has 0 amide bonds. The molecule has 2 nitrogen and oxygen atoms in total. The van der Waals surface area contributed by atoms with Gasteiger partial charge in [-0.25, -0.2) is 0 Å². The summed E-state index contributed by atoms with van der Waals surface area (Å²) in [5.41, 5.74) is 0. The molecule has 0 aromatic carbocycles. The third kappa shape index (κ3) is 3.14. The number of nitrogens with zero attached hydrogens (tertiary/aromatic N) is 1. The summed E-state index contributed by atoms with van der Waals surface area (Å²) in [5.74, 6) is 3.51. The van der Waals surface area contributed by atoms with Crippen LogP contribution in [0.2, 0.25) is 0 Å². The van der Waals surface area contributed by atoms with E-state index in [1.807, 2.05) is 0 Å². The molecule has 2 heterocycles. The molecule has 0 aromatic rings. The molecule has 0 aromatic heterocycles. The molecule has 0 spiro atoms. The van der Waals surface area contributed by atoms with E-state index in [1.165, 1.54) is 37.3 Å². The molecule has 1 N–H and O–H groups in total. The Kier molecular flexibility index (Phi) is 4.57. The van der Waals surface area contributed by atoms with Crippen LogP contribution in [0.1, 0.15) is 33.1 Å². The van der Waals surface area contributed by atoms with Crippen molar-refractivity contribution in [3.8, 4) is 0 Å². The molecule has 0 radical (unpaired) electrons. The second kappa shape index (κ2) is 5.74. The lowest BCUT2D eigenvalue weighted by Crippen LogP contribution is -2.53. The van der Waals surface area contributed by atoms with Crippen LogP contribution in [0, 0.1) is 5.92 Å². The lowest BCUT2D eigenvalue weighted by molar-refractivity contribution is 0.114. The van der Waals surface area contributed by atoms with Gasteiger partial charge in [-0.2, -0.15) is 11.8 Å². The van der Waals surface area contributed by atoms with Gasteiger partial charge in [-0.3, -0.25) is 0 Å². The van der Waals surface area contributed by atoms with Crippen LogP contribution in [0.15, 0.2) is 0 Å². The Morgan fingerprint density at radius 3 is 2.56 bits per heavy atom. The molecule has 0 saturated carbocycles. The zero-order valence-corrected chi connectivity index (χ0v) is 11.7. The quantitative estimate of drug-likeness (QED) is 0.799. The van der Waals surface area contributed by atoms with Gasteiger partial charge >= 0.3 is 0 Å². The van der Waals surface area contributed by atoms with Gasteiger partial charge in [0.15, 0.2) is 0 Å². The smallest absolute Gasteiger partial charge is 0.0122 e. The number of hydrogen-bond donors (Lipinski definition) is 1. The van der Waals surface area contributed by atoms with Gasteiger partial charge in [0.2, 0.25) is 0 Å². The fourth-order valence-corrected chi connectivity index (χ4v) is 4.05. The molecular formula is C13H26N2S. The predicted molar refractivity (Wildman–Crippen MR) is 73.1 cm³/mol. The minimum absolute atomic E-state index is 0.742. The van der Waals surface area contributed by atoms with Crippen molar-refractivity contribution in [2.24, 2.45) is 5.92 Å². The third-order valence-electron chi connectivity index (χ3n) is 4.28. The molecule has 2 aliphatic heterocycles. The maximum atomic E-state index is 3.92. The summed E-state index contributed by atoms with van der Waals surface area (Å²) >= 11 is 2.11. The van der Waals surface area contributed by atoms with Gasteiger partial charge in [-0.1, -0.05) is 6.92 Å². The fourth-order valence-electron chi connectivity index (χ4n) is 2.94. The van der Waals surface area contributed by atoms with E-state index in [1.54, 1.807) is 0 Å². The second-order valence-electron chi connectivity index (χ2n) is 5.66. The Bertz CT molecular complexity index is 216. The van der Waals surface area contributed by atoms with E-state index in [0.29, 0.717) is 0 Å². The van der Waals surface area contributed by atoms with Crippen LogP contribution in [-0.2, 0) is 0 Å². The van der Waals surface area contributed by atoms with Crippen molar-refractivity contribution < 1.29 is 0 Å². The first-order chi connectivity index (χ1) is 7.66. The van der Waals surface area contributed by atoms with Crippen LogP contribution in [0.4, 0.5) is 0 Å². The highest BCUT2D eigenvalue weighted by Gasteiger charge is 2.30. The molecule has 2 aliphatic rings. The Morgan fingerprint density at radius 2 is 1.88 bits per heavy atom. The van der Waals surface area contributed by atoms with Gasteiger partial charge in [-0.05, 0) is 50.7 Å². The normalized spacial score (nSPS) is 38.8. The SMILES string of the molecule is CC1CN(C)C(C)CC1NC1CCSCC1. The zero-order chi connectivity index (χ0) is 11.5. The fraction of sp³-hybridized carbons (Fsp3) is 1.00. The van der Waals surface area contributed by atoms with Crippen molar-refractivity contribution in [3.63, 3.8) is 0 Å². The van der Waals surface area contributed by atoms with Crippen LogP contribution in [0.3, 0.4) is 0 Å². The zero-order valence-electron chi connectivity index (χ0n) is 10.9. The number of hydrogen-bond acceptors (Lipinski definition) is 3. The topological polar surface area (TPSA) is 15.3 Å². The summed E-state index contributed by atoms with van der Waals surface area (Å²) in [6.07, 6.45) is 4.07. The van der Waals surface area contributed by atoms with Gasteiger partial charge in [-0.15, -0.1) is 0 Å². The standard InChI is InChI=1S/C13H26N2S/c1-10-9-15(3)11(2)8-13(10)14-12-4-6-16-7-5-12/h10-14H,4-9H2,1-3H3. The van der Waals surface area contributed by atoms with Gasteiger partial charge in [0.1, 0.15) is 0 Å². The van der Waals surface area contributed by atoms with E-state index in [9.17, 15) is 0 Å². The summed E-state index contributed by atoms with van der Waals surface area (Å²) in [4.78, 5) is 2.50. The van der Waals surface area contributed by atoms with Crippen molar-refractivity contribution in [2.75, 3.05) is 25.1 Å². The van der Waals surface area contributed by atoms with Crippen LogP contribution in [0.5, 0.6) is 0 Å². The van der Waals surface area contributed by atoms with E-state index in [4.69, 9.17) is 0 Å². The Labute approximate surface area is 105 Å². The largest absolute Gasteiger partial charge is 0.311 e. The third-order valence-corrected chi connectivity index (χ3v) is 5.33. The summed E-state index contributed by atoms with van der Waals surface area (Å²) in [6, 6.07) is 2.29. The van der Waals surface area contributed by atoms with Crippen LogP contribution in [0.25, 0.3) is 0 Å². The monoisotopic (exact) mass is 242 g/mol. The number of nitrogens with one attached hydrogen (secondary N) is 1. The van der Waals surface area contributed by atoms with Gasteiger partial charge < -0.3 is 10.2 Å². The molecule has 0 bridgehead atoms. The van der Waals surface area contributed by atoms with Crippen LogP contribution < -0.4 is 5.32 Å². The molecule has 94 valence electrons. The van der Waals surface area contributed by atoms with E-state index in [2.05, 4.69) is 42.9 Å². The molecule has 2 rings (SSSR count). The van der Waals surface area contributed by atoms with Gasteiger partial charge in [0.05, 0.1) is 0 Å². The highest BCUT2D eigenvalue weighted by atomic mass is 32.2. The number of piperidine rings is 1. The van der Waals surface area contributed by atoms with Crippen molar-refractivity contribution in [3.05, 3.63) is 0 Å². The van der Waals surface area contributed by atoms with E-state index in [-0.39, 0.29) is 0 Å².